The summed E-state index contributed by atoms with van der Waals surface area (Å²) < 4.78 is 5.11. The van der Waals surface area contributed by atoms with Crippen molar-refractivity contribution in [3.63, 3.8) is 0 Å². The van der Waals surface area contributed by atoms with Gasteiger partial charge in [-0.2, -0.15) is 0 Å². The predicted molar refractivity (Wildman–Crippen MR) is 65.8 cm³/mol. The molecule has 0 aliphatic heterocycles. The van der Waals surface area contributed by atoms with Crippen molar-refractivity contribution in [2.24, 2.45) is 0 Å². The van der Waals surface area contributed by atoms with E-state index in [0.29, 0.717) is 0 Å². The van der Waals surface area contributed by atoms with E-state index in [4.69, 9.17) is 24.5 Å². The third-order valence-electron chi connectivity index (χ3n) is 2.02. The van der Waals surface area contributed by atoms with Crippen molar-refractivity contribution < 1.29 is 24.5 Å². The molecule has 1 aromatic carbocycles. The fraction of sp³-hybridized carbons (Fsp3) is 0.0833. The van der Waals surface area contributed by atoms with E-state index in [2.05, 4.69) is 9.97 Å². The summed E-state index contributed by atoms with van der Waals surface area (Å²) in [5, 5.41) is 14.8. The molecule has 0 saturated carbocycles. The molecule has 0 radical (unpaired) electrons. The van der Waals surface area contributed by atoms with Crippen molar-refractivity contribution in [1.29, 1.82) is 0 Å². The zero-order chi connectivity index (χ0) is 14.3. The number of nitrogens with zero attached hydrogens (tertiary/aromatic N) is 1. The first-order valence-corrected chi connectivity index (χ1v) is 5.14. The zero-order valence-electron chi connectivity index (χ0n) is 10.0. The third-order valence-corrected chi connectivity index (χ3v) is 2.02. The number of carbonyl (C=O) groups is 2. The van der Waals surface area contributed by atoms with Crippen LogP contribution >= 0.6 is 0 Å². The van der Waals surface area contributed by atoms with Crippen LogP contribution in [0, 0.1) is 0 Å². The number of carboxylic acid groups (broad SMARTS) is 2. The SMILES string of the molecule is COc1cccc(-c2ncc[nH]2)c1.O=C(O)C(=O)O. The van der Waals surface area contributed by atoms with Crippen molar-refractivity contribution >= 4 is 11.9 Å². The maximum absolute atomic E-state index is 9.10. The van der Waals surface area contributed by atoms with E-state index in [9.17, 15) is 0 Å². The number of aromatic nitrogens is 2. The highest BCUT2D eigenvalue weighted by Crippen LogP contribution is 2.19. The predicted octanol–water partition coefficient (Wildman–Crippen LogP) is 1.24. The van der Waals surface area contributed by atoms with Crippen LogP contribution in [0.2, 0.25) is 0 Å². The van der Waals surface area contributed by atoms with E-state index in [-0.39, 0.29) is 0 Å². The Bertz CT molecular complexity index is 539. The molecule has 2 aromatic rings. The van der Waals surface area contributed by atoms with Crippen LogP contribution in [0.3, 0.4) is 0 Å². The first kappa shape index (κ1) is 14.2. The van der Waals surface area contributed by atoms with Crippen LogP contribution in [0.15, 0.2) is 36.7 Å². The molecule has 0 bridgehead atoms. The second kappa shape index (κ2) is 6.80. The molecule has 0 amide bonds. The molecule has 0 unspecified atom stereocenters. The fourth-order valence-electron chi connectivity index (χ4n) is 1.19. The van der Waals surface area contributed by atoms with Gasteiger partial charge in [-0.1, -0.05) is 12.1 Å². The summed E-state index contributed by atoms with van der Waals surface area (Å²) in [4.78, 5) is 25.4. The van der Waals surface area contributed by atoms with Crippen molar-refractivity contribution in [2.75, 3.05) is 7.11 Å². The first-order chi connectivity index (χ1) is 9.04. The van der Waals surface area contributed by atoms with Gasteiger partial charge in [0.1, 0.15) is 11.6 Å². The average Bonchev–Trinajstić information content (AvgIpc) is 2.93. The van der Waals surface area contributed by atoms with Gasteiger partial charge in [0.25, 0.3) is 0 Å². The molecule has 0 aliphatic carbocycles. The lowest BCUT2D eigenvalue weighted by atomic mass is 10.2. The standard InChI is InChI=1S/C10H10N2O.C2H2O4/c1-13-9-4-2-3-8(7-9)10-11-5-6-12-10;3-1(4)2(5)6/h2-7H,1H3,(H,11,12);(H,3,4)(H,5,6). The molecule has 1 aromatic heterocycles. The Balaban J connectivity index is 0.000000258. The van der Waals surface area contributed by atoms with Crippen LogP contribution in [-0.2, 0) is 9.59 Å². The molecule has 3 N–H and O–H groups in total. The molecule has 0 atom stereocenters. The summed E-state index contributed by atoms with van der Waals surface area (Å²) in [7, 11) is 1.65. The van der Waals surface area contributed by atoms with Gasteiger partial charge in [0.2, 0.25) is 0 Å². The van der Waals surface area contributed by atoms with Gasteiger partial charge in [-0.25, -0.2) is 14.6 Å². The van der Waals surface area contributed by atoms with Crippen LogP contribution in [0.5, 0.6) is 5.75 Å². The number of methoxy groups -OCH3 is 1. The maximum Gasteiger partial charge on any atom is 0.414 e. The lowest BCUT2D eigenvalue weighted by Gasteiger charge is -2.00. The van der Waals surface area contributed by atoms with E-state index >= 15 is 0 Å². The number of benzene rings is 1. The van der Waals surface area contributed by atoms with E-state index in [1.54, 1.807) is 19.5 Å². The van der Waals surface area contributed by atoms with Crippen LogP contribution in [0.1, 0.15) is 0 Å². The number of rotatable bonds is 2. The van der Waals surface area contributed by atoms with Gasteiger partial charge < -0.3 is 19.9 Å². The summed E-state index contributed by atoms with van der Waals surface area (Å²) in [5.74, 6) is -1.95. The third kappa shape index (κ3) is 4.50. The summed E-state index contributed by atoms with van der Waals surface area (Å²) >= 11 is 0. The number of hydrogen-bond donors (Lipinski definition) is 3. The van der Waals surface area contributed by atoms with Crippen molar-refractivity contribution in [1.82, 2.24) is 9.97 Å². The Kier molecular flexibility index (Phi) is 5.09. The van der Waals surface area contributed by atoms with Crippen LogP contribution in [-0.4, -0.2) is 39.2 Å². The molecule has 19 heavy (non-hydrogen) atoms. The molecular weight excluding hydrogens is 252 g/mol. The van der Waals surface area contributed by atoms with E-state index in [0.717, 1.165) is 17.1 Å². The Labute approximate surface area is 108 Å². The smallest absolute Gasteiger partial charge is 0.414 e. The minimum atomic E-state index is -1.82. The molecule has 2 rings (SSSR count). The Morgan fingerprint density at radius 1 is 1.26 bits per heavy atom. The van der Waals surface area contributed by atoms with E-state index < -0.39 is 11.9 Å². The highest BCUT2D eigenvalue weighted by atomic mass is 16.5. The largest absolute Gasteiger partial charge is 0.497 e. The number of ether oxygens (including phenoxy) is 1. The van der Waals surface area contributed by atoms with Gasteiger partial charge in [0.05, 0.1) is 7.11 Å². The summed E-state index contributed by atoms with van der Waals surface area (Å²) in [5.41, 5.74) is 1.03. The molecule has 0 aliphatic rings. The van der Waals surface area contributed by atoms with Gasteiger partial charge in [0.15, 0.2) is 0 Å². The highest BCUT2D eigenvalue weighted by molar-refractivity contribution is 6.27. The molecular formula is C12H12N2O5. The normalized spacial score (nSPS) is 9.11. The van der Waals surface area contributed by atoms with Crippen molar-refractivity contribution in [3.05, 3.63) is 36.7 Å². The molecule has 100 valence electrons. The number of aromatic amines is 1. The molecule has 0 spiro atoms. The number of imidazole rings is 1. The van der Waals surface area contributed by atoms with Crippen LogP contribution in [0.25, 0.3) is 11.4 Å². The van der Waals surface area contributed by atoms with E-state index in [1.165, 1.54) is 0 Å². The molecule has 7 nitrogen and oxygen atoms in total. The lowest BCUT2D eigenvalue weighted by Crippen LogP contribution is -2.09. The fourth-order valence-corrected chi connectivity index (χ4v) is 1.19. The highest BCUT2D eigenvalue weighted by Gasteiger charge is 2.04. The van der Waals surface area contributed by atoms with Gasteiger partial charge in [-0.05, 0) is 12.1 Å². The lowest BCUT2D eigenvalue weighted by molar-refractivity contribution is -0.159. The number of H-pyrrole nitrogens is 1. The summed E-state index contributed by atoms with van der Waals surface area (Å²) in [6.07, 6.45) is 3.53. The Morgan fingerprint density at radius 2 is 1.95 bits per heavy atom. The number of hydrogen-bond acceptors (Lipinski definition) is 4. The topological polar surface area (TPSA) is 113 Å². The minimum absolute atomic E-state index is 0.842. The molecule has 0 fully saturated rings. The average molecular weight is 264 g/mol. The Morgan fingerprint density at radius 3 is 2.42 bits per heavy atom. The number of carboxylic acids is 2. The van der Waals surface area contributed by atoms with E-state index in [1.807, 2.05) is 24.3 Å². The second-order valence-corrected chi connectivity index (χ2v) is 3.28. The zero-order valence-corrected chi connectivity index (χ0v) is 10.0. The molecule has 7 heteroatoms. The number of nitrogens with one attached hydrogen (secondary N) is 1. The summed E-state index contributed by atoms with van der Waals surface area (Å²) in [6, 6.07) is 7.78. The summed E-state index contributed by atoms with van der Waals surface area (Å²) in [6.45, 7) is 0. The van der Waals surface area contributed by atoms with Gasteiger partial charge in [-0.15, -0.1) is 0 Å². The monoisotopic (exact) mass is 264 g/mol. The maximum atomic E-state index is 9.10. The van der Waals surface area contributed by atoms with Crippen molar-refractivity contribution in [2.45, 2.75) is 0 Å². The number of aliphatic carboxylic acids is 2. The van der Waals surface area contributed by atoms with Crippen LogP contribution < -0.4 is 4.74 Å². The van der Waals surface area contributed by atoms with Gasteiger partial charge in [-0.3, -0.25) is 0 Å². The minimum Gasteiger partial charge on any atom is -0.497 e. The quantitative estimate of drug-likeness (QED) is 0.703. The molecule has 0 saturated heterocycles. The van der Waals surface area contributed by atoms with Gasteiger partial charge in [0, 0.05) is 18.0 Å². The first-order valence-electron chi connectivity index (χ1n) is 5.14. The van der Waals surface area contributed by atoms with Crippen LogP contribution in [0.4, 0.5) is 0 Å². The Hall–Kier alpha value is -2.83. The van der Waals surface area contributed by atoms with Crippen molar-refractivity contribution in [3.8, 4) is 17.1 Å². The van der Waals surface area contributed by atoms with Gasteiger partial charge >= 0.3 is 11.9 Å². The second-order valence-electron chi connectivity index (χ2n) is 3.28. The molecule has 1 heterocycles.